The van der Waals surface area contributed by atoms with Crippen molar-refractivity contribution in [2.75, 3.05) is 0 Å². The maximum atomic E-state index is 14.0. The van der Waals surface area contributed by atoms with E-state index in [1.165, 1.54) is 5.56 Å². The predicted molar refractivity (Wildman–Crippen MR) is 93.7 cm³/mol. The van der Waals surface area contributed by atoms with Gasteiger partial charge in [-0.3, -0.25) is 0 Å². The normalized spacial score (nSPS) is 10.2. The van der Waals surface area contributed by atoms with Crippen LogP contribution in [-0.4, -0.2) is 0 Å². The van der Waals surface area contributed by atoms with E-state index in [1.54, 1.807) is 31.2 Å². The Morgan fingerprint density at radius 2 is 1.17 bits per heavy atom. The Bertz CT molecular complexity index is 925. The molecule has 0 heterocycles. The summed E-state index contributed by atoms with van der Waals surface area (Å²) < 4.78 is 27.7. The highest BCUT2D eigenvalue weighted by Crippen LogP contribution is 2.26. The molecule has 0 aliphatic carbocycles. The summed E-state index contributed by atoms with van der Waals surface area (Å²) in [6.07, 6.45) is 0. The van der Waals surface area contributed by atoms with Crippen molar-refractivity contribution >= 4 is 0 Å². The van der Waals surface area contributed by atoms with Crippen LogP contribution in [-0.2, 0) is 0 Å². The quantitative estimate of drug-likeness (QED) is 0.509. The van der Waals surface area contributed by atoms with Crippen LogP contribution < -0.4 is 0 Å². The van der Waals surface area contributed by atoms with Crippen LogP contribution in [0.1, 0.15) is 22.3 Å². The minimum atomic E-state index is -0.812. The molecule has 3 aromatic carbocycles. The lowest BCUT2D eigenvalue weighted by molar-refractivity contribution is 0.505. The van der Waals surface area contributed by atoms with Crippen molar-refractivity contribution in [3.63, 3.8) is 0 Å². The fraction of sp³-hybridized carbons (Fsp3) is 0.0909. The summed E-state index contributed by atoms with van der Waals surface area (Å²) in [7, 11) is 0. The summed E-state index contributed by atoms with van der Waals surface area (Å²) in [4.78, 5) is 0. The Kier molecular flexibility index (Phi) is 4.44. The van der Waals surface area contributed by atoms with Gasteiger partial charge in [0, 0.05) is 16.7 Å². The highest BCUT2D eigenvalue weighted by atomic mass is 19.2. The molecule has 3 aromatic rings. The number of hydrogen-bond acceptors (Lipinski definition) is 0. The lowest BCUT2D eigenvalue weighted by Crippen LogP contribution is -1.93. The van der Waals surface area contributed by atoms with E-state index in [9.17, 15) is 8.78 Å². The van der Waals surface area contributed by atoms with Gasteiger partial charge in [0.15, 0.2) is 11.6 Å². The van der Waals surface area contributed by atoms with Gasteiger partial charge < -0.3 is 0 Å². The molecular formula is C22H16F2. The van der Waals surface area contributed by atoms with Crippen LogP contribution in [0.2, 0.25) is 0 Å². The van der Waals surface area contributed by atoms with Crippen LogP contribution in [0.3, 0.4) is 0 Å². The third-order valence-corrected chi connectivity index (χ3v) is 3.87. The summed E-state index contributed by atoms with van der Waals surface area (Å²) in [5.41, 5.74) is 4.15. The zero-order valence-electron chi connectivity index (χ0n) is 13.5. The van der Waals surface area contributed by atoms with Crippen LogP contribution in [0.4, 0.5) is 8.78 Å². The Morgan fingerprint density at radius 3 is 1.75 bits per heavy atom. The summed E-state index contributed by atoms with van der Waals surface area (Å²) in [5, 5.41) is 0. The zero-order valence-corrected chi connectivity index (χ0v) is 13.5. The van der Waals surface area contributed by atoms with Crippen LogP contribution in [0.5, 0.6) is 0 Å². The first-order chi connectivity index (χ1) is 11.5. The molecule has 0 spiro atoms. The van der Waals surface area contributed by atoms with Crippen LogP contribution in [0, 0.1) is 37.3 Å². The van der Waals surface area contributed by atoms with Crippen molar-refractivity contribution in [1.82, 2.24) is 0 Å². The molecular weight excluding hydrogens is 302 g/mol. The molecule has 24 heavy (non-hydrogen) atoms. The molecule has 0 amide bonds. The van der Waals surface area contributed by atoms with E-state index in [1.807, 2.05) is 43.3 Å². The van der Waals surface area contributed by atoms with Gasteiger partial charge >= 0.3 is 0 Å². The smallest absolute Gasteiger partial charge is 0.166 e. The van der Waals surface area contributed by atoms with Crippen molar-refractivity contribution in [2.45, 2.75) is 13.8 Å². The summed E-state index contributed by atoms with van der Waals surface area (Å²) >= 11 is 0. The first kappa shape index (κ1) is 16.0. The largest absolute Gasteiger partial charge is 0.203 e. The molecule has 0 fully saturated rings. The first-order valence-electron chi connectivity index (χ1n) is 7.68. The van der Waals surface area contributed by atoms with E-state index >= 15 is 0 Å². The Hall–Kier alpha value is -2.92. The molecule has 0 bridgehead atoms. The monoisotopic (exact) mass is 318 g/mol. The van der Waals surface area contributed by atoms with Gasteiger partial charge in [0.05, 0.1) is 0 Å². The van der Waals surface area contributed by atoms with E-state index in [0.29, 0.717) is 11.1 Å². The minimum Gasteiger partial charge on any atom is -0.203 e. The molecule has 0 atom stereocenters. The van der Waals surface area contributed by atoms with E-state index in [-0.39, 0.29) is 5.56 Å². The van der Waals surface area contributed by atoms with Gasteiger partial charge in [-0.15, -0.1) is 0 Å². The lowest BCUT2D eigenvalue weighted by atomic mass is 10.0. The average molecular weight is 318 g/mol. The van der Waals surface area contributed by atoms with Gasteiger partial charge in [0.2, 0.25) is 0 Å². The van der Waals surface area contributed by atoms with Crippen LogP contribution >= 0.6 is 0 Å². The van der Waals surface area contributed by atoms with E-state index < -0.39 is 11.6 Å². The molecule has 0 aromatic heterocycles. The maximum Gasteiger partial charge on any atom is 0.166 e. The van der Waals surface area contributed by atoms with Gasteiger partial charge in [-0.25, -0.2) is 8.78 Å². The molecule has 0 aliphatic rings. The fourth-order valence-electron chi connectivity index (χ4n) is 2.38. The van der Waals surface area contributed by atoms with Crippen molar-refractivity contribution < 1.29 is 8.78 Å². The highest BCUT2D eigenvalue weighted by molar-refractivity contribution is 5.65. The molecule has 3 rings (SSSR count). The highest BCUT2D eigenvalue weighted by Gasteiger charge is 2.12. The predicted octanol–water partition coefficient (Wildman–Crippen LogP) is 5.65. The molecule has 0 radical (unpaired) electrons. The van der Waals surface area contributed by atoms with Crippen molar-refractivity contribution in [3.8, 4) is 23.0 Å². The van der Waals surface area contributed by atoms with Gasteiger partial charge in [-0.1, -0.05) is 53.8 Å². The van der Waals surface area contributed by atoms with Gasteiger partial charge in [-0.2, -0.15) is 0 Å². The average Bonchev–Trinajstić information content (AvgIpc) is 2.60. The van der Waals surface area contributed by atoms with Gasteiger partial charge in [-0.05, 0) is 49.2 Å². The second-order valence-corrected chi connectivity index (χ2v) is 5.75. The molecule has 0 unspecified atom stereocenters. The van der Waals surface area contributed by atoms with E-state index in [0.717, 1.165) is 11.1 Å². The first-order valence-corrected chi connectivity index (χ1v) is 7.68. The molecule has 0 saturated carbocycles. The zero-order chi connectivity index (χ0) is 17.1. The number of halogens is 2. The van der Waals surface area contributed by atoms with E-state index in [2.05, 4.69) is 11.8 Å². The number of hydrogen-bond donors (Lipinski definition) is 0. The second kappa shape index (κ2) is 6.68. The summed E-state index contributed by atoms with van der Waals surface area (Å²) in [6.45, 7) is 3.58. The lowest BCUT2D eigenvalue weighted by Gasteiger charge is -2.06. The third kappa shape index (κ3) is 3.36. The Balaban J connectivity index is 1.87. The van der Waals surface area contributed by atoms with Gasteiger partial charge in [0.25, 0.3) is 0 Å². The third-order valence-electron chi connectivity index (χ3n) is 3.87. The van der Waals surface area contributed by atoms with Crippen molar-refractivity contribution in [3.05, 3.63) is 94.6 Å². The number of aryl methyl sites for hydroxylation is 2. The van der Waals surface area contributed by atoms with Crippen LogP contribution in [0.15, 0.2) is 60.7 Å². The standard InChI is InChI=1S/C22H16F2/c1-15-3-6-17(7-4-15)8-9-18-10-12-19(13-11-18)20-14-5-16(2)21(23)22(20)24/h3-7,10-14H,1-2H3. The molecule has 0 nitrogen and oxygen atoms in total. The number of rotatable bonds is 1. The molecule has 0 aliphatic heterocycles. The fourth-order valence-corrected chi connectivity index (χ4v) is 2.38. The minimum absolute atomic E-state index is 0.260. The second-order valence-electron chi connectivity index (χ2n) is 5.75. The molecule has 2 heteroatoms. The molecule has 0 N–H and O–H groups in total. The SMILES string of the molecule is Cc1ccc(C#Cc2ccc(-c3ccc(C)c(F)c3F)cc2)cc1. The Labute approximate surface area is 140 Å². The molecule has 0 saturated heterocycles. The topological polar surface area (TPSA) is 0 Å². The number of benzene rings is 3. The summed E-state index contributed by atoms with van der Waals surface area (Å²) in [6, 6.07) is 18.3. The van der Waals surface area contributed by atoms with Crippen molar-refractivity contribution in [1.29, 1.82) is 0 Å². The Morgan fingerprint density at radius 1 is 0.625 bits per heavy atom. The van der Waals surface area contributed by atoms with Gasteiger partial charge in [0.1, 0.15) is 0 Å². The molecule has 118 valence electrons. The van der Waals surface area contributed by atoms with Crippen molar-refractivity contribution in [2.24, 2.45) is 0 Å². The van der Waals surface area contributed by atoms with Crippen LogP contribution in [0.25, 0.3) is 11.1 Å². The van der Waals surface area contributed by atoms with E-state index in [4.69, 9.17) is 0 Å². The summed E-state index contributed by atoms with van der Waals surface area (Å²) in [5.74, 6) is 4.56. The maximum absolute atomic E-state index is 14.0.